The maximum atomic E-state index is 5.59. The molecule has 156 valence electrons. The first-order valence-corrected chi connectivity index (χ1v) is 11.7. The number of aliphatic imine (C=N–C) groups is 1. The van der Waals surface area contributed by atoms with Gasteiger partial charge in [0.2, 0.25) is 0 Å². The first-order valence-electron chi connectivity index (χ1n) is 10.7. The molecule has 3 rings (SSSR count). The number of hydrogen-bond acceptors (Lipinski definition) is 4. The summed E-state index contributed by atoms with van der Waals surface area (Å²) in [5, 5.41) is 7.18. The van der Waals surface area contributed by atoms with Crippen LogP contribution in [-0.4, -0.2) is 67.3 Å². The average Bonchev–Trinajstić information content (AvgIpc) is 3.17. The number of nitrogens with zero attached hydrogens (tertiary/aromatic N) is 2. The van der Waals surface area contributed by atoms with Gasteiger partial charge in [0.25, 0.3) is 0 Å². The highest BCUT2D eigenvalue weighted by Gasteiger charge is 2.33. The Labute approximate surface area is 174 Å². The maximum absolute atomic E-state index is 5.59. The van der Waals surface area contributed by atoms with E-state index in [0.29, 0.717) is 6.04 Å². The van der Waals surface area contributed by atoms with E-state index >= 15 is 0 Å². The van der Waals surface area contributed by atoms with E-state index in [0.717, 1.165) is 57.4 Å². The standard InChI is InChI=1S/C22H36N4OS/c1-3-28-22(11-14-27-15-12-22)18-25-21(23-2)24-16-20-10-7-13-26(20)17-19-8-5-4-6-9-19/h4-6,8-9,20H,3,7,10-18H2,1-2H3,(H2,23,24,25). The number of benzene rings is 1. The van der Waals surface area contributed by atoms with Crippen LogP contribution in [0.4, 0.5) is 0 Å². The molecule has 0 bridgehead atoms. The molecule has 0 spiro atoms. The minimum Gasteiger partial charge on any atom is -0.381 e. The molecule has 1 unspecified atom stereocenters. The van der Waals surface area contributed by atoms with Crippen molar-refractivity contribution in [1.82, 2.24) is 15.5 Å². The normalized spacial score (nSPS) is 22.9. The van der Waals surface area contributed by atoms with Crippen LogP contribution in [0.25, 0.3) is 0 Å². The number of guanidine groups is 1. The van der Waals surface area contributed by atoms with E-state index in [1.165, 1.54) is 24.9 Å². The molecule has 2 heterocycles. The molecular weight excluding hydrogens is 368 g/mol. The van der Waals surface area contributed by atoms with Crippen LogP contribution in [0.15, 0.2) is 35.3 Å². The molecule has 0 aliphatic carbocycles. The molecular formula is C22H36N4OS. The fourth-order valence-corrected chi connectivity index (χ4v) is 5.50. The van der Waals surface area contributed by atoms with Gasteiger partial charge in [0.15, 0.2) is 5.96 Å². The van der Waals surface area contributed by atoms with Gasteiger partial charge in [0.05, 0.1) is 0 Å². The fraction of sp³-hybridized carbons (Fsp3) is 0.682. The molecule has 6 heteroatoms. The molecule has 2 N–H and O–H groups in total. The smallest absolute Gasteiger partial charge is 0.191 e. The molecule has 2 aliphatic rings. The molecule has 2 saturated heterocycles. The number of hydrogen-bond donors (Lipinski definition) is 2. The third-order valence-corrected chi connectivity index (χ3v) is 7.34. The molecule has 0 amide bonds. The van der Waals surface area contributed by atoms with Crippen molar-refractivity contribution in [3.8, 4) is 0 Å². The van der Waals surface area contributed by atoms with Crippen molar-refractivity contribution in [2.24, 2.45) is 4.99 Å². The highest BCUT2D eigenvalue weighted by Crippen LogP contribution is 2.34. The summed E-state index contributed by atoms with van der Waals surface area (Å²) in [5.74, 6) is 2.07. The zero-order chi connectivity index (χ0) is 19.7. The van der Waals surface area contributed by atoms with Gasteiger partial charge in [0, 0.05) is 50.7 Å². The van der Waals surface area contributed by atoms with E-state index in [1.54, 1.807) is 0 Å². The van der Waals surface area contributed by atoms with E-state index in [2.05, 4.69) is 69.5 Å². The molecule has 2 aliphatic heterocycles. The highest BCUT2D eigenvalue weighted by molar-refractivity contribution is 8.00. The number of thioether (sulfide) groups is 1. The van der Waals surface area contributed by atoms with Gasteiger partial charge in [-0.15, -0.1) is 0 Å². The van der Waals surface area contributed by atoms with Crippen LogP contribution in [0.5, 0.6) is 0 Å². The average molecular weight is 405 g/mol. The quantitative estimate of drug-likeness (QED) is 0.515. The number of ether oxygens (including phenoxy) is 1. The molecule has 2 fully saturated rings. The molecule has 28 heavy (non-hydrogen) atoms. The minimum absolute atomic E-state index is 0.275. The van der Waals surface area contributed by atoms with Gasteiger partial charge in [-0.05, 0) is 43.5 Å². The van der Waals surface area contributed by atoms with Crippen molar-refractivity contribution in [3.63, 3.8) is 0 Å². The van der Waals surface area contributed by atoms with Gasteiger partial charge in [-0.1, -0.05) is 37.3 Å². The molecule has 0 aromatic heterocycles. The van der Waals surface area contributed by atoms with E-state index in [-0.39, 0.29) is 4.75 Å². The summed E-state index contributed by atoms with van der Waals surface area (Å²) in [7, 11) is 1.87. The Bertz CT molecular complexity index is 598. The molecule has 0 saturated carbocycles. The predicted molar refractivity (Wildman–Crippen MR) is 120 cm³/mol. The van der Waals surface area contributed by atoms with Gasteiger partial charge in [0.1, 0.15) is 0 Å². The predicted octanol–water partition coefficient (Wildman–Crippen LogP) is 3.12. The highest BCUT2D eigenvalue weighted by atomic mass is 32.2. The largest absolute Gasteiger partial charge is 0.381 e. The first-order chi connectivity index (χ1) is 13.7. The number of rotatable bonds is 8. The third kappa shape index (κ3) is 6.13. The SMILES string of the molecule is CCSC1(CNC(=NC)NCC2CCCN2Cc2ccccc2)CCOCC1. The molecule has 0 radical (unpaired) electrons. The van der Waals surface area contributed by atoms with Crippen LogP contribution in [0, 0.1) is 0 Å². The van der Waals surface area contributed by atoms with Crippen LogP contribution < -0.4 is 10.6 Å². The third-order valence-electron chi connectivity index (χ3n) is 5.89. The van der Waals surface area contributed by atoms with Crippen molar-refractivity contribution in [3.05, 3.63) is 35.9 Å². The minimum atomic E-state index is 0.275. The Morgan fingerprint density at radius 1 is 1.25 bits per heavy atom. The Kier molecular flexibility index (Phi) is 8.49. The summed E-state index contributed by atoms with van der Waals surface area (Å²) < 4.78 is 5.86. The topological polar surface area (TPSA) is 48.9 Å². The van der Waals surface area contributed by atoms with Crippen LogP contribution in [0.3, 0.4) is 0 Å². The molecule has 1 atom stereocenters. The van der Waals surface area contributed by atoms with Crippen molar-refractivity contribution in [1.29, 1.82) is 0 Å². The summed E-state index contributed by atoms with van der Waals surface area (Å²) in [6.07, 6.45) is 4.76. The van der Waals surface area contributed by atoms with Gasteiger partial charge in [-0.3, -0.25) is 9.89 Å². The monoisotopic (exact) mass is 404 g/mol. The summed E-state index contributed by atoms with van der Waals surface area (Å²) >= 11 is 2.06. The van der Waals surface area contributed by atoms with Crippen molar-refractivity contribution < 1.29 is 4.74 Å². The summed E-state index contributed by atoms with van der Waals surface area (Å²) in [4.78, 5) is 7.07. The molecule has 1 aromatic carbocycles. The Morgan fingerprint density at radius 2 is 2.04 bits per heavy atom. The van der Waals surface area contributed by atoms with Crippen molar-refractivity contribution >= 4 is 17.7 Å². The van der Waals surface area contributed by atoms with Gasteiger partial charge in [-0.2, -0.15) is 11.8 Å². The summed E-state index contributed by atoms with van der Waals surface area (Å²) in [5.41, 5.74) is 1.40. The molecule has 1 aromatic rings. The van der Waals surface area contributed by atoms with E-state index in [4.69, 9.17) is 4.74 Å². The zero-order valence-corrected chi connectivity index (χ0v) is 18.3. The lowest BCUT2D eigenvalue weighted by atomic mass is 9.99. The number of likely N-dealkylation sites (tertiary alicyclic amines) is 1. The van der Waals surface area contributed by atoms with Crippen molar-refractivity contribution in [2.75, 3.05) is 45.6 Å². The van der Waals surface area contributed by atoms with Gasteiger partial charge in [-0.25, -0.2) is 0 Å². The lowest BCUT2D eigenvalue weighted by Gasteiger charge is -2.37. The lowest BCUT2D eigenvalue weighted by Crippen LogP contribution is -2.50. The lowest BCUT2D eigenvalue weighted by molar-refractivity contribution is 0.0782. The van der Waals surface area contributed by atoms with E-state index < -0.39 is 0 Å². The van der Waals surface area contributed by atoms with Crippen LogP contribution in [0.2, 0.25) is 0 Å². The zero-order valence-electron chi connectivity index (χ0n) is 17.5. The van der Waals surface area contributed by atoms with Crippen LogP contribution >= 0.6 is 11.8 Å². The van der Waals surface area contributed by atoms with Crippen LogP contribution in [-0.2, 0) is 11.3 Å². The second kappa shape index (κ2) is 11.1. The summed E-state index contributed by atoms with van der Waals surface area (Å²) in [6, 6.07) is 11.4. The maximum Gasteiger partial charge on any atom is 0.191 e. The van der Waals surface area contributed by atoms with Gasteiger partial charge >= 0.3 is 0 Å². The van der Waals surface area contributed by atoms with E-state index in [1.807, 2.05) is 7.05 Å². The van der Waals surface area contributed by atoms with Crippen LogP contribution in [0.1, 0.15) is 38.2 Å². The van der Waals surface area contributed by atoms with E-state index in [9.17, 15) is 0 Å². The fourth-order valence-electron chi connectivity index (χ4n) is 4.25. The Balaban J connectivity index is 1.47. The van der Waals surface area contributed by atoms with Gasteiger partial charge < -0.3 is 15.4 Å². The second-order valence-corrected chi connectivity index (χ2v) is 9.52. The summed E-state index contributed by atoms with van der Waals surface area (Å²) in [6.45, 7) is 8.11. The Morgan fingerprint density at radius 3 is 2.75 bits per heavy atom. The molecule has 5 nitrogen and oxygen atoms in total. The van der Waals surface area contributed by atoms with Crippen molar-refractivity contribution in [2.45, 2.75) is 49.9 Å². The first kappa shape index (κ1) is 21.5. The second-order valence-electron chi connectivity index (χ2n) is 7.79. The number of nitrogens with one attached hydrogen (secondary N) is 2. The Hall–Kier alpha value is -1.24.